The highest BCUT2D eigenvalue weighted by molar-refractivity contribution is 5.94. The van der Waals surface area contributed by atoms with E-state index in [1.807, 2.05) is 0 Å². The number of halogens is 1. The van der Waals surface area contributed by atoms with Gasteiger partial charge in [-0.1, -0.05) is 38.1 Å². The van der Waals surface area contributed by atoms with E-state index < -0.39 is 0 Å². The third-order valence-corrected chi connectivity index (χ3v) is 5.85. The first kappa shape index (κ1) is 21.8. The number of amides is 1. The summed E-state index contributed by atoms with van der Waals surface area (Å²) in [6, 6.07) is 8.61. The average molecular weight is 418 g/mol. The Morgan fingerprint density at radius 1 is 1.17 bits per heavy atom. The van der Waals surface area contributed by atoms with E-state index in [0.29, 0.717) is 18.8 Å². The molecule has 0 bridgehead atoms. The van der Waals surface area contributed by atoms with Gasteiger partial charge < -0.3 is 10.6 Å². The van der Waals surface area contributed by atoms with Crippen LogP contribution in [0.5, 0.6) is 0 Å². The smallest absolute Gasteiger partial charge is 0.272 e. The Morgan fingerprint density at radius 2 is 1.86 bits per heavy atom. The predicted octanol–water partition coefficient (Wildman–Crippen LogP) is 2.89. The second-order valence-electron chi connectivity index (χ2n) is 8.60. The van der Waals surface area contributed by atoms with Crippen molar-refractivity contribution < 1.29 is 4.79 Å². The molecule has 2 aliphatic heterocycles. The van der Waals surface area contributed by atoms with Gasteiger partial charge in [-0.2, -0.15) is 5.10 Å². The van der Waals surface area contributed by atoms with Crippen molar-refractivity contribution in [3.8, 4) is 0 Å². The molecule has 3 N–H and O–H groups in total. The van der Waals surface area contributed by atoms with Crippen molar-refractivity contribution in [1.82, 2.24) is 25.7 Å². The molecule has 4 rings (SSSR count). The lowest BCUT2D eigenvalue weighted by molar-refractivity contribution is 0.0944. The fourth-order valence-electron chi connectivity index (χ4n) is 4.62. The summed E-state index contributed by atoms with van der Waals surface area (Å²) in [4.78, 5) is 15.1. The Bertz CT molecular complexity index is 809. The SMILES string of the molecule is CC1CC(C)CN(Cc2ccc(CNC(=O)c3n[nH]c4c3CNCC4)cc2)C1.Cl. The Labute approximate surface area is 179 Å². The van der Waals surface area contributed by atoms with E-state index in [9.17, 15) is 4.79 Å². The van der Waals surface area contributed by atoms with Crippen LogP contribution in [0, 0.1) is 11.8 Å². The van der Waals surface area contributed by atoms with Crippen LogP contribution in [-0.2, 0) is 26.1 Å². The molecule has 1 saturated heterocycles. The van der Waals surface area contributed by atoms with Crippen molar-refractivity contribution in [2.45, 2.75) is 46.3 Å². The summed E-state index contributed by atoms with van der Waals surface area (Å²) in [6.07, 6.45) is 2.23. The van der Waals surface area contributed by atoms with Crippen LogP contribution >= 0.6 is 12.4 Å². The molecule has 29 heavy (non-hydrogen) atoms. The highest BCUT2D eigenvalue weighted by atomic mass is 35.5. The lowest BCUT2D eigenvalue weighted by atomic mass is 9.91. The summed E-state index contributed by atoms with van der Waals surface area (Å²) >= 11 is 0. The molecule has 0 aliphatic carbocycles. The van der Waals surface area contributed by atoms with Crippen molar-refractivity contribution >= 4 is 18.3 Å². The van der Waals surface area contributed by atoms with Gasteiger partial charge in [0.15, 0.2) is 5.69 Å². The molecule has 2 aliphatic rings. The summed E-state index contributed by atoms with van der Waals surface area (Å²) in [6.45, 7) is 10.2. The number of aromatic amines is 1. The molecule has 1 fully saturated rings. The van der Waals surface area contributed by atoms with Gasteiger partial charge in [0, 0.05) is 56.9 Å². The first-order chi connectivity index (χ1) is 13.6. The fraction of sp³-hybridized carbons (Fsp3) is 0.545. The molecule has 0 spiro atoms. The third kappa shape index (κ3) is 5.38. The average Bonchev–Trinajstić information content (AvgIpc) is 3.11. The summed E-state index contributed by atoms with van der Waals surface area (Å²) < 4.78 is 0. The number of carbonyl (C=O) groups excluding carboxylic acids is 1. The van der Waals surface area contributed by atoms with Crippen LogP contribution < -0.4 is 10.6 Å². The van der Waals surface area contributed by atoms with Crippen molar-refractivity contribution in [1.29, 1.82) is 0 Å². The number of fused-ring (bicyclic) bond motifs is 1. The summed E-state index contributed by atoms with van der Waals surface area (Å²) in [5, 5.41) is 13.5. The van der Waals surface area contributed by atoms with Crippen LogP contribution in [0.4, 0.5) is 0 Å². The molecule has 158 valence electrons. The van der Waals surface area contributed by atoms with Gasteiger partial charge in [-0.25, -0.2) is 0 Å². The molecule has 1 aromatic carbocycles. The molecular weight excluding hydrogens is 386 g/mol. The number of nitrogens with zero attached hydrogens (tertiary/aromatic N) is 2. The van der Waals surface area contributed by atoms with Gasteiger partial charge in [-0.15, -0.1) is 12.4 Å². The number of rotatable bonds is 5. The fourth-order valence-corrected chi connectivity index (χ4v) is 4.62. The quantitative estimate of drug-likeness (QED) is 0.699. The maximum absolute atomic E-state index is 12.5. The van der Waals surface area contributed by atoms with E-state index in [-0.39, 0.29) is 18.3 Å². The third-order valence-electron chi connectivity index (χ3n) is 5.85. The summed E-state index contributed by atoms with van der Waals surface area (Å²) in [5.74, 6) is 1.45. The summed E-state index contributed by atoms with van der Waals surface area (Å²) in [7, 11) is 0. The molecule has 1 amide bonds. The molecule has 1 aromatic heterocycles. The second kappa shape index (κ2) is 9.74. The maximum atomic E-state index is 12.5. The van der Waals surface area contributed by atoms with Gasteiger partial charge >= 0.3 is 0 Å². The van der Waals surface area contributed by atoms with Crippen LogP contribution in [0.3, 0.4) is 0 Å². The largest absolute Gasteiger partial charge is 0.347 e. The Hall–Kier alpha value is -1.89. The minimum Gasteiger partial charge on any atom is -0.347 e. The van der Waals surface area contributed by atoms with Gasteiger partial charge in [-0.05, 0) is 29.4 Å². The van der Waals surface area contributed by atoms with Crippen LogP contribution in [0.15, 0.2) is 24.3 Å². The number of nitrogens with one attached hydrogen (secondary N) is 3. The van der Waals surface area contributed by atoms with E-state index >= 15 is 0 Å². The molecular formula is C22H32ClN5O. The van der Waals surface area contributed by atoms with Gasteiger partial charge in [0.1, 0.15) is 0 Å². The lowest BCUT2D eigenvalue weighted by Crippen LogP contribution is -2.38. The minimum absolute atomic E-state index is 0. The highest BCUT2D eigenvalue weighted by Crippen LogP contribution is 2.22. The number of hydrogen-bond acceptors (Lipinski definition) is 4. The molecule has 3 heterocycles. The molecule has 7 heteroatoms. The molecule has 2 unspecified atom stereocenters. The monoisotopic (exact) mass is 417 g/mol. The van der Waals surface area contributed by atoms with E-state index in [1.165, 1.54) is 25.1 Å². The van der Waals surface area contributed by atoms with Crippen LogP contribution in [0.2, 0.25) is 0 Å². The lowest BCUT2D eigenvalue weighted by Gasteiger charge is -2.35. The normalized spacial score (nSPS) is 21.9. The number of piperidine rings is 1. The zero-order chi connectivity index (χ0) is 19.5. The molecule has 2 atom stereocenters. The van der Waals surface area contributed by atoms with Crippen molar-refractivity contribution in [3.05, 3.63) is 52.3 Å². The molecule has 2 aromatic rings. The van der Waals surface area contributed by atoms with Crippen molar-refractivity contribution in [2.24, 2.45) is 11.8 Å². The number of H-pyrrole nitrogens is 1. The van der Waals surface area contributed by atoms with Crippen LogP contribution in [0.25, 0.3) is 0 Å². The Balaban J connectivity index is 0.00000240. The predicted molar refractivity (Wildman–Crippen MR) is 117 cm³/mol. The number of hydrogen-bond donors (Lipinski definition) is 3. The van der Waals surface area contributed by atoms with Gasteiger partial charge in [0.2, 0.25) is 0 Å². The van der Waals surface area contributed by atoms with Crippen LogP contribution in [-0.4, -0.2) is 40.6 Å². The maximum Gasteiger partial charge on any atom is 0.272 e. The Morgan fingerprint density at radius 3 is 2.59 bits per heavy atom. The zero-order valence-corrected chi connectivity index (χ0v) is 18.1. The molecule has 0 radical (unpaired) electrons. The number of carbonyl (C=O) groups is 1. The summed E-state index contributed by atoms with van der Waals surface area (Å²) in [5.41, 5.74) is 5.05. The van der Waals surface area contributed by atoms with E-state index in [4.69, 9.17) is 0 Å². The standard InChI is InChI=1S/C22H31N5O.ClH/c1-15-9-16(2)13-27(12-15)14-18-5-3-17(4-6-18)10-24-22(28)21-19-11-23-8-7-20(19)25-26-21;/h3-6,15-16,23H,7-14H2,1-2H3,(H,24,28)(H,25,26);1H. The minimum atomic E-state index is -0.110. The first-order valence-electron chi connectivity index (χ1n) is 10.4. The van der Waals surface area contributed by atoms with Gasteiger partial charge in [-0.3, -0.25) is 14.8 Å². The topological polar surface area (TPSA) is 73.0 Å². The van der Waals surface area contributed by atoms with E-state index in [1.54, 1.807) is 0 Å². The number of likely N-dealkylation sites (tertiary alicyclic amines) is 1. The molecule has 0 saturated carbocycles. The van der Waals surface area contributed by atoms with E-state index in [0.717, 1.165) is 48.2 Å². The Kier molecular flexibility index (Phi) is 7.33. The first-order valence-corrected chi connectivity index (χ1v) is 10.4. The van der Waals surface area contributed by atoms with Gasteiger partial charge in [0.25, 0.3) is 5.91 Å². The van der Waals surface area contributed by atoms with Crippen molar-refractivity contribution in [2.75, 3.05) is 19.6 Å². The van der Waals surface area contributed by atoms with Crippen molar-refractivity contribution in [3.63, 3.8) is 0 Å². The molecule has 6 nitrogen and oxygen atoms in total. The number of benzene rings is 1. The van der Waals surface area contributed by atoms with Crippen LogP contribution in [0.1, 0.15) is 53.1 Å². The highest BCUT2D eigenvalue weighted by Gasteiger charge is 2.22. The zero-order valence-electron chi connectivity index (χ0n) is 17.3. The number of aromatic nitrogens is 2. The van der Waals surface area contributed by atoms with Gasteiger partial charge in [0.05, 0.1) is 0 Å². The van der Waals surface area contributed by atoms with E-state index in [2.05, 4.69) is 63.8 Å². The second-order valence-corrected chi connectivity index (χ2v) is 8.60.